The number of nitrogens with one attached hydrogen (secondary N) is 1. The van der Waals surface area contributed by atoms with Gasteiger partial charge in [0.25, 0.3) is 11.6 Å². The van der Waals surface area contributed by atoms with E-state index in [1.165, 1.54) is 41.4 Å². The Hall–Kier alpha value is -4.05. The number of nitro benzene ring substituents is 1. The molecule has 3 aromatic rings. The largest absolute Gasteiger partial charge is 0.422 e. The van der Waals surface area contributed by atoms with Crippen molar-refractivity contribution < 1.29 is 19.2 Å². The molecule has 0 saturated carbocycles. The second kappa shape index (κ2) is 8.97. The van der Waals surface area contributed by atoms with E-state index in [9.17, 15) is 19.7 Å². The molecule has 10 nitrogen and oxygen atoms in total. The van der Waals surface area contributed by atoms with Gasteiger partial charge in [-0.25, -0.2) is 10.2 Å². The van der Waals surface area contributed by atoms with Crippen molar-refractivity contribution in [2.75, 3.05) is 0 Å². The van der Waals surface area contributed by atoms with Crippen molar-refractivity contribution in [1.82, 2.24) is 15.2 Å². The van der Waals surface area contributed by atoms with E-state index in [4.69, 9.17) is 16.3 Å². The number of aryl methyl sites for hydroxylation is 1. The number of hydrogen-bond donors (Lipinski definition) is 1. The van der Waals surface area contributed by atoms with E-state index in [0.29, 0.717) is 5.56 Å². The molecule has 0 bridgehead atoms. The predicted molar refractivity (Wildman–Crippen MR) is 108 cm³/mol. The average Bonchev–Trinajstić information content (AvgIpc) is 3.07. The summed E-state index contributed by atoms with van der Waals surface area (Å²) < 4.78 is 6.66. The second-order valence-corrected chi connectivity index (χ2v) is 6.30. The van der Waals surface area contributed by atoms with Gasteiger partial charge >= 0.3 is 5.97 Å². The molecular formula is C19H14ClN5O5. The molecule has 0 aliphatic carbocycles. The lowest BCUT2D eigenvalue weighted by atomic mass is 10.2. The summed E-state index contributed by atoms with van der Waals surface area (Å²) in [5.41, 5.74) is 2.90. The lowest BCUT2D eigenvalue weighted by molar-refractivity contribution is -0.384. The van der Waals surface area contributed by atoms with Gasteiger partial charge < -0.3 is 4.74 Å². The first-order valence-electron chi connectivity index (χ1n) is 8.43. The van der Waals surface area contributed by atoms with E-state index >= 15 is 0 Å². The van der Waals surface area contributed by atoms with E-state index < -0.39 is 16.8 Å². The summed E-state index contributed by atoms with van der Waals surface area (Å²) in [6.45, 7) is 0. The van der Waals surface area contributed by atoms with E-state index in [-0.39, 0.29) is 27.7 Å². The maximum atomic E-state index is 12.3. The number of carbonyl (C=O) groups is 2. The molecule has 152 valence electrons. The van der Waals surface area contributed by atoms with Crippen molar-refractivity contribution in [3.05, 3.63) is 86.7 Å². The third-order valence-electron chi connectivity index (χ3n) is 3.91. The fraction of sp³-hybridized carbons (Fsp3) is 0.0526. The fourth-order valence-electron chi connectivity index (χ4n) is 2.44. The van der Waals surface area contributed by atoms with Crippen molar-refractivity contribution in [1.29, 1.82) is 0 Å². The summed E-state index contributed by atoms with van der Waals surface area (Å²) in [5.74, 6) is -1.06. The molecule has 0 unspecified atom stereocenters. The van der Waals surface area contributed by atoms with E-state index in [1.54, 1.807) is 31.3 Å². The van der Waals surface area contributed by atoms with Gasteiger partial charge in [0.1, 0.15) is 11.4 Å². The van der Waals surface area contributed by atoms with Crippen LogP contribution in [0.1, 0.15) is 26.4 Å². The van der Waals surface area contributed by atoms with Crippen LogP contribution in [-0.4, -0.2) is 32.8 Å². The summed E-state index contributed by atoms with van der Waals surface area (Å²) in [6, 6.07) is 11.6. The maximum Gasteiger partial charge on any atom is 0.343 e. The maximum absolute atomic E-state index is 12.3. The number of hydrazone groups is 1. The number of carbonyl (C=O) groups excluding carboxylic acids is 2. The zero-order valence-corrected chi connectivity index (χ0v) is 16.2. The monoisotopic (exact) mass is 427 g/mol. The number of benzene rings is 2. The molecule has 0 atom stereocenters. The Morgan fingerprint density at radius 2 is 1.93 bits per heavy atom. The molecule has 1 amide bonds. The molecule has 0 radical (unpaired) electrons. The van der Waals surface area contributed by atoms with Crippen LogP contribution in [0.25, 0.3) is 0 Å². The number of rotatable bonds is 6. The Balaban J connectivity index is 1.71. The van der Waals surface area contributed by atoms with Crippen LogP contribution < -0.4 is 10.2 Å². The van der Waals surface area contributed by atoms with Gasteiger partial charge in [0.15, 0.2) is 0 Å². The van der Waals surface area contributed by atoms with Crippen molar-refractivity contribution in [2.24, 2.45) is 12.1 Å². The lowest BCUT2D eigenvalue weighted by Crippen LogP contribution is -2.21. The van der Waals surface area contributed by atoms with Crippen LogP contribution in [0.2, 0.25) is 5.02 Å². The topological polar surface area (TPSA) is 129 Å². The molecule has 1 heterocycles. The first-order chi connectivity index (χ1) is 14.4. The first-order valence-corrected chi connectivity index (χ1v) is 8.81. The summed E-state index contributed by atoms with van der Waals surface area (Å²) in [6.07, 6.45) is 2.65. The van der Waals surface area contributed by atoms with Crippen LogP contribution in [-0.2, 0) is 7.05 Å². The first kappa shape index (κ1) is 20.7. The lowest BCUT2D eigenvalue weighted by Gasteiger charge is -2.07. The Morgan fingerprint density at radius 1 is 1.23 bits per heavy atom. The highest BCUT2D eigenvalue weighted by molar-refractivity contribution is 6.33. The van der Waals surface area contributed by atoms with Gasteiger partial charge in [0.2, 0.25) is 0 Å². The number of nitrogens with zero attached hydrogens (tertiary/aromatic N) is 4. The minimum Gasteiger partial charge on any atom is -0.422 e. The molecule has 0 saturated heterocycles. The molecule has 30 heavy (non-hydrogen) atoms. The van der Waals surface area contributed by atoms with Crippen LogP contribution in [0.4, 0.5) is 5.69 Å². The highest BCUT2D eigenvalue weighted by atomic mass is 35.5. The number of hydrogen-bond acceptors (Lipinski definition) is 7. The summed E-state index contributed by atoms with van der Waals surface area (Å²) in [5, 5.41) is 18.6. The summed E-state index contributed by atoms with van der Waals surface area (Å²) in [4.78, 5) is 34.6. The summed E-state index contributed by atoms with van der Waals surface area (Å²) in [7, 11) is 1.57. The fourth-order valence-corrected chi connectivity index (χ4v) is 2.69. The number of esters is 1. The zero-order chi connectivity index (χ0) is 21.7. The number of amides is 1. The zero-order valence-electron chi connectivity index (χ0n) is 15.5. The third kappa shape index (κ3) is 4.67. The standard InChI is InChI=1S/C19H14ClN5O5/c1-24-17(15(20)11-22-24)18(26)23-21-10-13-4-2-3-5-16(13)30-19(27)12-6-8-14(9-7-12)25(28)29/h2-11H,1H3,(H,23,26)/b21-10+. The number of aromatic nitrogens is 2. The predicted octanol–water partition coefficient (Wildman–Crippen LogP) is 2.96. The van der Waals surface area contributed by atoms with Gasteiger partial charge in [-0.3, -0.25) is 19.6 Å². The van der Waals surface area contributed by atoms with Crippen molar-refractivity contribution in [3.63, 3.8) is 0 Å². The minimum absolute atomic E-state index is 0.136. The smallest absolute Gasteiger partial charge is 0.343 e. The Labute approximate surface area is 174 Å². The Bertz CT molecular complexity index is 1120. The minimum atomic E-state index is -0.698. The van der Waals surface area contributed by atoms with Gasteiger partial charge in [-0.15, -0.1) is 0 Å². The van der Waals surface area contributed by atoms with Crippen LogP contribution in [0, 0.1) is 10.1 Å². The molecule has 0 spiro atoms. The van der Waals surface area contributed by atoms with E-state index in [0.717, 1.165) is 0 Å². The highest BCUT2D eigenvalue weighted by Crippen LogP contribution is 2.19. The Morgan fingerprint density at radius 3 is 2.57 bits per heavy atom. The average molecular weight is 428 g/mol. The van der Waals surface area contributed by atoms with Crippen LogP contribution in [0.15, 0.2) is 59.8 Å². The summed E-state index contributed by atoms with van der Waals surface area (Å²) >= 11 is 5.91. The normalized spacial score (nSPS) is 10.7. The molecule has 1 aromatic heterocycles. The molecule has 0 aliphatic rings. The SMILES string of the molecule is Cn1ncc(Cl)c1C(=O)N/N=C/c1ccccc1OC(=O)c1ccc([N+](=O)[O-])cc1. The van der Waals surface area contributed by atoms with E-state index in [2.05, 4.69) is 15.6 Å². The number of para-hydroxylation sites is 1. The van der Waals surface area contributed by atoms with Gasteiger partial charge in [0.05, 0.1) is 27.9 Å². The van der Waals surface area contributed by atoms with Gasteiger partial charge in [-0.1, -0.05) is 23.7 Å². The molecule has 0 aliphatic heterocycles. The second-order valence-electron chi connectivity index (χ2n) is 5.90. The molecule has 0 fully saturated rings. The van der Waals surface area contributed by atoms with Gasteiger partial charge in [0, 0.05) is 24.7 Å². The molecule has 1 N–H and O–H groups in total. The van der Waals surface area contributed by atoms with Crippen molar-refractivity contribution in [2.45, 2.75) is 0 Å². The van der Waals surface area contributed by atoms with E-state index in [1.807, 2.05) is 0 Å². The van der Waals surface area contributed by atoms with Crippen molar-refractivity contribution in [3.8, 4) is 5.75 Å². The van der Waals surface area contributed by atoms with Crippen LogP contribution in [0.3, 0.4) is 0 Å². The number of non-ortho nitro benzene ring substituents is 1. The molecular weight excluding hydrogens is 414 g/mol. The van der Waals surface area contributed by atoms with Crippen molar-refractivity contribution >= 4 is 35.4 Å². The van der Waals surface area contributed by atoms with Gasteiger partial charge in [-0.2, -0.15) is 10.2 Å². The Kier molecular flexibility index (Phi) is 6.18. The molecule has 3 rings (SSSR count). The quantitative estimate of drug-likeness (QED) is 0.212. The third-order valence-corrected chi connectivity index (χ3v) is 4.19. The van der Waals surface area contributed by atoms with Gasteiger partial charge in [-0.05, 0) is 24.3 Å². The molecule has 11 heteroatoms. The molecule has 2 aromatic carbocycles. The number of nitro groups is 1. The number of halogens is 1. The highest BCUT2D eigenvalue weighted by Gasteiger charge is 2.15. The van der Waals surface area contributed by atoms with Crippen LogP contribution in [0.5, 0.6) is 5.75 Å². The number of ether oxygens (including phenoxy) is 1. The van der Waals surface area contributed by atoms with Crippen LogP contribution >= 0.6 is 11.6 Å².